The summed E-state index contributed by atoms with van der Waals surface area (Å²) < 4.78 is 10.4. The number of hydrogen-bond donors (Lipinski definition) is 3. The second-order valence-electron chi connectivity index (χ2n) is 3.96. The molecular formula is C13H17N5O2. The maximum Gasteiger partial charge on any atom is 0.205 e. The second-order valence-corrected chi connectivity index (χ2v) is 3.96. The Kier molecular flexibility index (Phi) is 4.70. The molecule has 1 aromatic heterocycles. The number of rotatable bonds is 6. The summed E-state index contributed by atoms with van der Waals surface area (Å²) in [6.07, 6.45) is 1.40. The Bertz CT molecular complexity index is 576. The number of methoxy groups -OCH3 is 2. The maximum absolute atomic E-state index is 5.40. The molecule has 0 unspecified atom stereocenters. The van der Waals surface area contributed by atoms with E-state index in [2.05, 4.69) is 20.7 Å². The molecular weight excluding hydrogens is 258 g/mol. The van der Waals surface area contributed by atoms with Crippen LogP contribution in [0.3, 0.4) is 0 Å². The second kappa shape index (κ2) is 6.69. The third-order valence-electron chi connectivity index (χ3n) is 2.71. The van der Waals surface area contributed by atoms with Gasteiger partial charge in [-0.1, -0.05) is 18.2 Å². The van der Waals surface area contributed by atoms with Crippen LogP contribution in [0.5, 0.6) is 5.75 Å². The Morgan fingerprint density at radius 3 is 2.60 bits per heavy atom. The lowest BCUT2D eigenvalue weighted by atomic mass is 10.2. The highest BCUT2D eigenvalue weighted by Crippen LogP contribution is 2.31. The lowest BCUT2D eigenvalue weighted by Crippen LogP contribution is -2.11. The summed E-state index contributed by atoms with van der Waals surface area (Å²) in [5.41, 5.74) is 4.37. The molecule has 4 N–H and O–H groups in total. The van der Waals surface area contributed by atoms with Crippen LogP contribution in [-0.2, 0) is 11.3 Å². The first-order chi connectivity index (χ1) is 9.80. The summed E-state index contributed by atoms with van der Waals surface area (Å²) in [5, 5.41) is 3.20. The van der Waals surface area contributed by atoms with E-state index in [9.17, 15) is 0 Å². The Labute approximate surface area is 117 Å². The van der Waals surface area contributed by atoms with Gasteiger partial charge in [0, 0.05) is 18.4 Å². The van der Waals surface area contributed by atoms with Crippen molar-refractivity contribution in [2.75, 3.05) is 25.0 Å². The van der Waals surface area contributed by atoms with E-state index >= 15 is 0 Å². The third kappa shape index (κ3) is 2.95. The summed E-state index contributed by atoms with van der Waals surface area (Å²) >= 11 is 0. The van der Waals surface area contributed by atoms with Crippen molar-refractivity contribution in [1.82, 2.24) is 9.97 Å². The van der Waals surface area contributed by atoms with Crippen molar-refractivity contribution in [3.8, 4) is 5.75 Å². The number of anilines is 3. The van der Waals surface area contributed by atoms with Crippen molar-refractivity contribution in [1.29, 1.82) is 0 Å². The molecule has 106 valence electrons. The van der Waals surface area contributed by atoms with Crippen molar-refractivity contribution < 1.29 is 9.47 Å². The molecule has 0 saturated heterocycles. The van der Waals surface area contributed by atoms with Crippen molar-refractivity contribution in [2.45, 2.75) is 6.61 Å². The van der Waals surface area contributed by atoms with Gasteiger partial charge < -0.3 is 20.2 Å². The van der Waals surface area contributed by atoms with E-state index in [4.69, 9.17) is 15.3 Å². The number of nitrogen functional groups attached to an aromatic ring is 1. The summed E-state index contributed by atoms with van der Waals surface area (Å²) in [6, 6.07) is 7.79. The first-order valence-corrected chi connectivity index (χ1v) is 5.99. The average molecular weight is 275 g/mol. The maximum atomic E-state index is 5.40. The molecule has 2 rings (SSSR count). The molecule has 0 aliphatic rings. The van der Waals surface area contributed by atoms with E-state index in [0.29, 0.717) is 24.0 Å². The van der Waals surface area contributed by atoms with Crippen molar-refractivity contribution in [3.63, 3.8) is 0 Å². The highest BCUT2D eigenvalue weighted by Gasteiger charge is 2.12. The van der Waals surface area contributed by atoms with E-state index in [1.165, 1.54) is 13.4 Å². The van der Waals surface area contributed by atoms with E-state index in [0.717, 1.165) is 11.3 Å². The van der Waals surface area contributed by atoms with Crippen LogP contribution in [0.15, 0.2) is 30.6 Å². The Hall–Kier alpha value is -2.38. The number of hydrogen-bond acceptors (Lipinski definition) is 7. The van der Waals surface area contributed by atoms with Crippen LogP contribution >= 0.6 is 0 Å². The van der Waals surface area contributed by atoms with Crippen LogP contribution < -0.4 is 21.3 Å². The predicted molar refractivity (Wildman–Crippen MR) is 76.8 cm³/mol. The third-order valence-corrected chi connectivity index (χ3v) is 2.71. The standard InChI is InChI=1S/C13H17N5O2/c1-19-7-9-5-3-4-6-10(9)17-12-11(20-2)13(18-14)16-8-15-12/h3-6,8H,7,14H2,1-2H3,(H2,15,16,17,18). The smallest absolute Gasteiger partial charge is 0.205 e. The first-order valence-electron chi connectivity index (χ1n) is 5.99. The van der Waals surface area contributed by atoms with Gasteiger partial charge in [-0.05, 0) is 6.07 Å². The summed E-state index contributed by atoms with van der Waals surface area (Å²) in [6.45, 7) is 0.499. The summed E-state index contributed by atoms with van der Waals surface area (Å²) in [5.74, 6) is 6.78. The number of aromatic nitrogens is 2. The van der Waals surface area contributed by atoms with Crippen molar-refractivity contribution >= 4 is 17.3 Å². The molecule has 0 radical (unpaired) electrons. The molecule has 0 aliphatic carbocycles. The predicted octanol–water partition coefficient (Wildman–Crippen LogP) is 1.66. The largest absolute Gasteiger partial charge is 0.490 e. The molecule has 0 aliphatic heterocycles. The SMILES string of the molecule is COCc1ccccc1Nc1ncnc(NN)c1OC. The number of nitrogens with two attached hydrogens (primary N) is 1. The van der Waals surface area contributed by atoms with E-state index < -0.39 is 0 Å². The van der Waals surface area contributed by atoms with Crippen LogP contribution in [0.1, 0.15) is 5.56 Å². The monoisotopic (exact) mass is 275 g/mol. The van der Waals surface area contributed by atoms with Gasteiger partial charge in [-0.2, -0.15) is 0 Å². The van der Waals surface area contributed by atoms with Gasteiger partial charge in [0.1, 0.15) is 6.33 Å². The van der Waals surface area contributed by atoms with Gasteiger partial charge in [0.25, 0.3) is 0 Å². The molecule has 2 aromatic rings. The van der Waals surface area contributed by atoms with Crippen LogP contribution in [0.25, 0.3) is 0 Å². The Morgan fingerprint density at radius 2 is 1.90 bits per heavy atom. The fraction of sp³-hybridized carbons (Fsp3) is 0.231. The van der Waals surface area contributed by atoms with E-state index in [1.807, 2.05) is 24.3 Å². The first kappa shape index (κ1) is 14.0. The molecule has 0 saturated carbocycles. The molecule has 7 heteroatoms. The molecule has 7 nitrogen and oxygen atoms in total. The highest BCUT2D eigenvalue weighted by molar-refractivity contribution is 5.70. The molecule has 20 heavy (non-hydrogen) atoms. The average Bonchev–Trinajstić information content (AvgIpc) is 2.49. The zero-order valence-electron chi connectivity index (χ0n) is 11.4. The minimum atomic E-state index is 0.411. The number of hydrazine groups is 1. The number of ether oxygens (including phenoxy) is 2. The van der Waals surface area contributed by atoms with Crippen LogP contribution in [-0.4, -0.2) is 24.2 Å². The normalized spacial score (nSPS) is 10.2. The highest BCUT2D eigenvalue weighted by atomic mass is 16.5. The number of para-hydroxylation sites is 1. The number of nitrogens with zero attached hydrogens (tertiary/aromatic N) is 2. The van der Waals surface area contributed by atoms with Gasteiger partial charge >= 0.3 is 0 Å². The Balaban J connectivity index is 2.35. The van der Waals surface area contributed by atoms with Crippen LogP contribution in [0, 0.1) is 0 Å². The van der Waals surface area contributed by atoms with Crippen molar-refractivity contribution in [2.24, 2.45) is 5.84 Å². The quantitative estimate of drug-likeness (QED) is 0.545. The lowest BCUT2D eigenvalue weighted by Gasteiger charge is -2.14. The van der Waals surface area contributed by atoms with Gasteiger partial charge in [0.2, 0.25) is 5.75 Å². The van der Waals surface area contributed by atoms with Crippen LogP contribution in [0.4, 0.5) is 17.3 Å². The summed E-state index contributed by atoms with van der Waals surface area (Å²) in [4.78, 5) is 8.16. The van der Waals surface area contributed by atoms with Gasteiger partial charge in [0.05, 0.1) is 13.7 Å². The zero-order chi connectivity index (χ0) is 14.4. The van der Waals surface area contributed by atoms with E-state index in [1.54, 1.807) is 7.11 Å². The zero-order valence-corrected chi connectivity index (χ0v) is 11.4. The molecule has 0 bridgehead atoms. The molecule has 0 spiro atoms. The Morgan fingerprint density at radius 1 is 1.15 bits per heavy atom. The number of nitrogens with one attached hydrogen (secondary N) is 2. The van der Waals surface area contributed by atoms with Gasteiger partial charge in [-0.15, -0.1) is 0 Å². The molecule has 0 fully saturated rings. The van der Waals surface area contributed by atoms with E-state index in [-0.39, 0.29) is 0 Å². The fourth-order valence-electron chi connectivity index (χ4n) is 1.81. The van der Waals surface area contributed by atoms with Gasteiger partial charge in [0.15, 0.2) is 11.6 Å². The van der Waals surface area contributed by atoms with Crippen LogP contribution in [0.2, 0.25) is 0 Å². The van der Waals surface area contributed by atoms with Gasteiger partial charge in [-0.3, -0.25) is 0 Å². The fourth-order valence-corrected chi connectivity index (χ4v) is 1.81. The minimum Gasteiger partial charge on any atom is -0.490 e. The molecule has 1 heterocycles. The topological polar surface area (TPSA) is 94.3 Å². The molecule has 1 aromatic carbocycles. The minimum absolute atomic E-state index is 0.411. The van der Waals surface area contributed by atoms with Crippen molar-refractivity contribution in [3.05, 3.63) is 36.2 Å². The summed E-state index contributed by atoms with van der Waals surface area (Å²) in [7, 11) is 3.18. The number of benzene rings is 1. The molecule has 0 amide bonds. The van der Waals surface area contributed by atoms with Gasteiger partial charge in [-0.25, -0.2) is 15.8 Å². The lowest BCUT2D eigenvalue weighted by molar-refractivity contribution is 0.185. The molecule has 0 atom stereocenters.